The lowest BCUT2D eigenvalue weighted by Crippen LogP contribution is -2.58. The summed E-state index contributed by atoms with van der Waals surface area (Å²) >= 11 is 0. The molecule has 0 rings (SSSR count). The predicted molar refractivity (Wildman–Crippen MR) is 36.8 cm³/mol. The Morgan fingerprint density at radius 2 is 1.46 bits per heavy atom. The molecule has 1 atom stereocenters. The van der Waals surface area contributed by atoms with Crippen molar-refractivity contribution in [2.24, 2.45) is 0 Å². The van der Waals surface area contributed by atoms with Crippen molar-refractivity contribution in [3.63, 3.8) is 0 Å². The molecule has 0 aliphatic carbocycles. The third-order valence-electron chi connectivity index (χ3n) is 1.34. The monoisotopic (exact) mass is 217 g/mol. The number of halogens is 1. The summed E-state index contributed by atoms with van der Waals surface area (Å²) in [6.45, 7) is 7.71. The fraction of sp³-hybridized carbons (Fsp3) is 1.00. The minimum atomic E-state index is -4.69. The maximum atomic E-state index is 8.94. The van der Waals surface area contributed by atoms with Gasteiger partial charge in [0.2, 0.25) is 0 Å². The molecule has 0 radical (unpaired) electrons. The molecule has 7 heteroatoms. The first-order chi connectivity index (χ1) is 5.72. The number of aliphatic hydroxyl groups excluding tert-OH is 1. The molecule has 0 spiro atoms. The van der Waals surface area contributed by atoms with Crippen LogP contribution in [-0.4, -0.2) is 34.0 Å². The van der Waals surface area contributed by atoms with E-state index in [2.05, 4.69) is 0 Å². The van der Waals surface area contributed by atoms with Crippen LogP contribution in [0.15, 0.2) is 0 Å². The summed E-state index contributed by atoms with van der Waals surface area (Å²) in [4.78, 5) is 1.97. The van der Waals surface area contributed by atoms with Crippen LogP contribution in [0.1, 0.15) is 20.8 Å². The number of hydrogen-bond donors (Lipinski definition) is 2. The first-order valence-electron chi connectivity index (χ1n) is 3.77. The Bertz CT molecular complexity index is 106. The van der Waals surface area contributed by atoms with Gasteiger partial charge in [-0.25, -0.2) is 0 Å². The normalized spacial score (nSPS) is 13.6. The van der Waals surface area contributed by atoms with Gasteiger partial charge in [0, 0.05) is 0 Å². The van der Waals surface area contributed by atoms with Crippen LogP contribution in [0, 0.1) is 10.2 Å². The SMILES string of the molecule is CCN(CC)C(C)O.[O-][Cl+3]([O-])([O-])O. The third-order valence-corrected chi connectivity index (χ3v) is 1.34. The average molecular weight is 218 g/mol. The van der Waals surface area contributed by atoms with Gasteiger partial charge in [0.05, 0.1) is 14.9 Å². The highest BCUT2D eigenvalue weighted by molar-refractivity contribution is 4.49. The Hall–Kier alpha value is 0.0500. The van der Waals surface area contributed by atoms with Crippen LogP contribution in [0.25, 0.3) is 0 Å². The van der Waals surface area contributed by atoms with E-state index in [0.717, 1.165) is 13.1 Å². The molecule has 0 saturated heterocycles. The van der Waals surface area contributed by atoms with Crippen molar-refractivity contribution in [3.8, 4) is 0 Å². The van der Waals surface area contributed by atoms with Crippen molar-refractivity contribution in [2.45, 2.75) is 27.0 Å². The Balaban J connectivity index is 0. The van der Waals surface area contributed by atoms with Gasteiger partial charge in [0.25, 0.3) is 0 Å². The first kappa shape index (κ1) is 15.5. The summed E-state index contributed by atoms with van der Waals surface area (Å²) in [6, 6.07) is 0. The second-order valence-electron chi connectivity index (χ2n) is 2.25. The minimum absolute atomic E-state index is 0.287. The van der Waals surface area contributed by atoms with Crippen LogP contribution in [-0.2, 0) is 0 Å². The number of hydrogen-bond acceptors (Lipinski definition) is 6. The lowest BCUT2D eigenvalue weighted by Gasteiger charge is -2.20. The quantitative estimate of drug-likeness (QED) is 0.475. The topological polar surface area (TPSA) is 113 Å². The van der Waals surface area contributed by atoms with Gasteiger partial charge in [-0.05, 0) is 20.0 Å². The van der Waals surface area contributed by atoms with Gasteiger partial charge in [-0.15, -0.1) is 0 Å². The summed E-state index contributed by atoms with van der Waals surface area (Å²) in [5.74, 6) is 0. The highest BCUT2D eigenvalue weighted by atomic mass is 35.7. The van der Waals surface area contributed by atoms with Crippen molar-refractivity contribution >= 4 is 0 Å². The summed E-state index contributed by atoms with van der Waals surface area (Å²) in [6.07, 6.45) is -0.287. The lowest BCUT2D eigenvalue weighted by atomic mass is 10.5. The molecule has 0 bridgehead atoms. The zero-order chi connectivity index (χ0) is 11.1. The molecule has 0 amide bonds. The molecule has 0 aliphatic rings. The Labute approximate surface area is 79.8 Å². The van der Waals surface area contributed by atoms with Gasteiger partial charge in [-0.1, -0.05) is 13.8 Å². The van der Waals surface area contributed by atoms with E-state index in [-0.39, 0.29) is 6.23 Å². The zero-order valence-electron chi connectivity index (χ0n) is 7.94. The Kier molecular flexibility index (Phi) is 8.90. The highest BCUT2D eigenvalue weighted by Gasteiger charge is 2.02. The van der Waals surface area contributed by atoms with Gasteiger partial charge < -0.3 is 5.11 Å². The molecule has 0 saturated carbocycles. The van der Waals surface area contributed by atoms with Crippen molar-refractivity contribution < 1.29 is 34.0 Å². The largest absolute Gasteiger partial charge is 0.379 e. The van der Waals surface area contributed by atoms with Crippen molar-refractivity contribution in [2.75, 3.05) is 13.1 Å². The third kappa shape index (κ3) is 18.8. The maximum absolute atomic E-state index is 8.94. The van der Waals surface area contributed by atoms with Crippen LogP contribution in [0.3, 0.4) is 0 Å². The zero-order valence-corrected chi connectivity index (χ0v) is 8.69. The van der Waals surface area contributed by atoms with E-state index in [1.54, 1.807) is 6.92 Å². The van der Waals surface area contributed by atoms with E-state index in [1.807, 2.05) is 18.7 Å². The van der Waals surface area contributed by atoms with E-state index in [9.17, 15) is 0 Å². The molecule has 6 nitrogen and oxygen atoms in total. The van der Waals surface area contributed by atoms with Gasteiger partial charge in [-0.2, -0.15) is 14.0 Å². The molecule has 0 fully saturated rings. The summed E-state index contributed by atoms with van der Waals surface area (Å²) < 4.78 is 32.7. The van der Waals surface area contributed by atoms with E-state index >= 15 is 0 Å². The number of nitrogens with zero attached hydrogens (tertiary/aromatic N) is 1. The van der Waals surface area contributed by atoms with Gasteiger partial charge in [-0.3, -0.25) is 4.90 Å². The fourth-order valence-electron chi connectivity index (χ4n) is 0.752. The van der Waals surface area contributed by atoms with Gasteiger partial charge in [0.15, 0.2) is 0 Å². The van der Waals surface area contributed by atoms with Crippen molar-refractivity contribution in [1.82, 2.24) is 4.90 Å². The number of rotatable bonds is 3. The van der Waals surface area contributed by atoms with E-state index < -0.39 is 10.2 Å². The summed E-state index contributed by atoms with van der Waals surface area (Å²) in [7, 11) is -4.69. The molecule has 0 aromatic rings. The molecule has 13 heavy (non-hydrogen) atoms. The molecular weight excluding hydrogens is 202 g/mol. The van der Waals surface area contributed by atoms with Crippen molar-refractivity contribution in [3.05, 3.63) is 0 Å². The van der Waals surface area contributed by atoms with Crippen molar-refractivity contribution in [1.29, 1.82) is 0 Å². The van der Waals surface area contributed by atoms with Gasteiger partial charge >= 0.3 is 0 Å². The molecule has 0 heterocycles. The van der Waals surface area contributed by atoms with Crippen LogP contribution in [0.4, 0.5) is 0 Å². The Morgan fingerprint density at radius 3 is 1.46 bits per heavy atom. The molecule has 1 unspecified atom stereocenters. The van der Waals surface area contributed by atoms with E-state index in [4.69, 9.17) is 23.7 Å². The van der Waals surface area contributed by atoms with Crippen LogP contribution in [0.2, 0.25) is 0 Å². The Morgan fingerprint density at radius 1 is 1.23 bits per heavy atom. The average Bonchev–Trinajstić information content (AvgIpc) is 1.85. The molecule has 0 aromatic carbocycles. The second-order valence-corrected chi connectivity index (χ2v) is 3.04. The molecule has 82 valence electrons. The standard InChI is InChI=1S/C6H15NO.ClHO4/c1-4-7(5-2)6(3)8;2-1(3,4)5/h6,8H,4-5H2,1-3H3;(H,2,3,4,5). The van der Waals surface area contributed by atoms with Crippen LogP contribution in [0.5, 0.6) is 0 Å². The molecule has 0 aliphatic heterocycles. The molecular formula is C6H16ClNO5. The summed E-state index contributed by atoms with van der Waals surface area (Å²) in [5.41, 5.74) is 0. The summed E-state index contributed by atoms with van der Waals surface area (Å²) in [5, 5.41) is 8.94. The fourth-order valence-corrected chi connectivity index (χ4v) is 0.752. The highest BCUT2D eigenvalue weighted by Crippen LogP contribution is 1.91. The molecule has 2 N–H and O–H groups in total. The minimum Gasteiger partial charge on any atom is -0.379 e. The van der Waals surface area contributed by atoms with E-state index in [0.29, 0.717) is 0 Å². The second kappa shape index (κ2) is 7.45. The van der Waals surface area contributed by atoms with Crippen LogP contribution >= 0.6 is 0 Å². The smallest absolute Gasteiger partial charge is 0.104 e. The molecule has 0 aromatic heterocycles. The van der Waals surface area contributed by atoms with E-state index in [1.165, 1.54) is 0 Å². The lowest BCUT2D eigenvalue weighted by molar-refractivity contribution is -1.92. The van der Waals surface area contributed by atoms with Crippen LogP contribution < -0.4 is 14.0 Å². The first-order valence-corrected chi connectivity index (χ1v) is 5.04. The number of aliphatic hydroxyl groups is 1. The maximum Gasteiger partial charge on any atom is 0.104 e. The van der Waals surface area contributed by atoms with Gasteiger partial charge in [0.1, 0.15) is 6.23 Å². The predicted octanol–water partition coefficient (Wildman–Crippen LogP) is -3.46.